The Bertz CT molecular complexity index is 882. The van der Waals surface area contributed by atoms with Crippen molar-refractivity contribution in [2.24, 2.45) is 5.92 Å². The Labute approximate surface area is 165 Å². The van der Waals surface area contributed by atoms with Gasteiger partial charge in [0.25, 0.3) is 11.8 Å². The molecule has 2 heterocycles. The van der Waals surface area contributed by atoms with Crippen LogP contribution in [0.1, 0.15) is 32.3 Å². The third-order valence-corrected chi connectivity index (χ3v) is 5.26. The molecule has 2 aliphatic heterocycles. The van der Waals surface area contributed by atoms with E-state index in [0.29, 0.717) is 5.92 Å². The number of hydrogen-bond donors (Lipinski definition) is 0. The van der Waals surface area contributed by atoms with E-state index < -0.39 is 17.8 Å². The van der Waals surface area contributed by atoms with Crippen LogP contribution in [0.2, 0.25) is 0 Å². The average Bonchev–Trinajstić information content (AvgIpc) is 2.90. The highest BCUT2D eigenvalue weighted by Gasteiger charge is 2.40. The fourth-order valence-corrected chi connectivity index (χ4v) is 3.61. The molecule has 1 aromatic carbocycles. The van der Waals surface area contributed by atoms with Gasteiger partial charge in [0.2, 0.25) is 0 Å². The molecule has 6 heteroatoms. The van der Waals surface area contributed by atoms with Crippen molar-refractivity contribution in [3.8, 4) is 0 Å². The number of benzene rings is 1. The summed E-state index contributed by atoms with van der Waals surface area (Å²) in [5.41, 5.74) is 3.14. The van der Waals surface area contributed by atoms with Crippen LogP contribution in [-0.4, -0.2) is 49.9 Å². The number of allylic oxidation sites excluding steroid dienone is 1. The van der Waals surface area contributed by atoms with E-state index in [1.807, 2.05) is 18.2 Å². The minimum atomic E-state index is -0.763. The number of nitrogens with zero attached hydrogens (tertiary/aromatic N) is 2. The molecule has 0 radical (unpaired) electrons. The summed E-state index contributed by atoms with van der Waals surface area (Å²) in [4.78, 5) is 40.3. The first-order valence-electron chi connectivity index (χ1n) is 9.52. The van der Waals surface area contributed by atoms with E-state index in [0.717, 1.165) is 41.2 Å². The quantitative estimate of drug-likeness (QED) is 0.430. The summed E-state index contributed by atoms with van der Waals surface area (Å²) >= 11 is 0. The fraction of sp³-hybridized carbons (Fsp3) is 0.409. The molecule has 2 amide bonds. The molecule has 0 saturated heterocycles. The van der Waals surface area contributed by atoms with Crippen LogP contribution in [0.25, 0.3) is 5.57 Å². The average molecular weight is 382 g/mol. The van der Waals surface area contributed by atoms with Crippen molar-refractivity contribution in [2.45, 2.75) is 26.7 Å². The van der Waals surface area contributed by atoms with Gasteiger partial charge in [-0.25, -0.2) is 4.79 Å². The third kappa shape index (κ3) is 3.59. The summed E-state index contributed by atoms with van der Waals surface area (Å²) in [5, 5.41) is 0. The van der Waals surface area contributed by atoms with Crippen molar-refractivity contribution in [2.75, 3.05) is 32.1 Å². The number of fused-ring (bicyclic) bond motifs is 1. The SMILES string of the molecule is COC(=O)C1=C(CC2=CCN(CCC(C)C)c3ccccc32)C(=O)N(C)C1=O. The predicted octanol–water partition coefficient (Wildman–Crippen LogP) is 2.79. The van der Waals surface area contributed by atoms with Gasteiger partial charge in [-0.1, -0.05) is 38.1 Å². The summed E-state index contributed by atoms with van der Waals surface area (Å²) in [6, 6.07) is 8.06. The van der Waals surface area contributed by atoms with E-state index in [1.165, 1.54) is 14.2 Å². The van der Waals surface area contributed by atoms with Crippen LogP contribution in [-0.2, 0) is 19.1 Å². The number of hydrogen-bond acceptors (Lipinski definition) is 5. The first-order chi connectivity index (χ1) is 13.3. The van der Waals surface area contributed by atoms with E-state index in [-0.39, 0.29) is 17.6 Å². The summed E-state index contributed by atoms with van der Waals surface area (Å²) in [6.07, 6.45) is 3.40. The molecule has 0 fully saturated rings. The predicted molar refractivity (Wildman–Crippen MR) is 108 cm³/mol. The molecule has 148 valence electrons. The first kappa shape index (κ1) is 19.9. The van der Waals surface area contributed by atoms with E-state index >= 15 is 0 Å². The number of imide groups is 1. The zero-order chi connectivity index (χ0) is 20.4. The molecule has 0 spiro atoms. The molecular formula is C22H26N2O4. The monoisotopic (exact) mass is 382 g/mol. The third-order valence-electron chi connectivity index (χ3n) is 5.26. The number of ether oxygens (including phenoxy) is 1. The van der Waals surface area contributed by atoms with Crippen LogP contribution in [0.4, 0.5) is 5.69 Å². The molecule has 6 nitrogen and oxygen atoms in total. The lowest BCUT2D eigenvalue weighted by Crippen LogP contribution is -2.29. The standard InChI is InChI=1S/C22H26N2O4/c1-14(2)9-11-24-12-10-15(16-7-5-6-8-18(16)24)13-17-19(22(27)28-4)21(26)23(3)20(17)25/h5-8,10,14H,9,11-13H2,1-4H3. The van der Waals surface area contributed by atoms with Gasteiger partial charge in [-0.3, -0.25) is 14.5 Å². The molecule has 28 heavy (non-hydrogen) atoms. The van der Waals surface area contributed by atoms with E-state index in [4.69, 9.17) is 4.74 Å². The van der Waals surface area contributed by atoms with Gasteiger partial charge in [0.15, 0.2) is 0 Å². The normalized spacial score (nSPS) is 16.7. The Hall–Kier alpha value is -2.89. The van der Waals surface area contributed by atoms with Crippen LogP contribution in [0.5, 0.6) is 0 Å². The van der Waals surface area contributed by atoms with Gasteiger partial charge in [0, 0.05) is 43.4 Å². The Morgan fingerprint density at radius 1 is 1.18 bits per heavy atom. The van der Waals surface area contributed by atoms with E-state index in [9.17, 15) is 14.4 Å². The number of amides is 2. The van der Waals surface area contributed by atoms with Gasteiger partial charge < -0.3 is 9.64 Å². The molecule has 0 unspecified atom stereocenters. The topological polar surface area (TPSA) is 66.9 Å². The molecule has 0 aromatic heterocycles. The summed E-state index contributed by atoms with van der Waals surface area (Å²) < 4.78 is 4.74. The van der Waals surface area contributed by atoms with Crippen LogP contribution >= 0.6 is 0 Å². The maximum Gasteiger partial charge on any atom is 0.344 e. The molecule has 3 rings (SSSR count). The number of rotatable bonds is 6. The van der Waals surface area contributed by atoms with E-state index in [2.05, 4.69) is 30.9 Å². The minimum Gasteiger partial charge on any atom is -0.465 e. The zero-order valence-corrected chi connectivity index (χ0v) is 16.8. The first-order valence-corrected chi connectivity index (χ1v) is 9.52. The largest absolute Gasteiger partial charge is 0.465 e. The van der Waals surface area contributed by atoms with Crippen LogP contribution in [0.15, 0.2) is 41.5 Å². The number of likely N-dealkylation sites (N-methyl/N-ethyl adjacent to an activating group) is 1. The number of carbonyl (C=O) groups is 3. The Balaban J connectivity index is 1.94. The van der Waals surface area contributed by atoms with Gasteiger partial charge in [-0.15, -0.1) is 0 Å². The lowest BCUT2D eigenvalue weighted by molar-refractivity contribution is -0.140. The maximum absolute atomic E-state index is 12.6. The molecule has 0 aliphatic carbocycles. The molecule has 0 saturated carbocycles. The number of para-hydroxylation sites is 1. The summed E-state index contributed by atoms with van der Waals surface area (Å²) in [7, 11) is 2.60. The highest BCUT2D eigenvalue weighted by atomic mass is 16.5. The molecule has 0 N–H and O–H groups in total. The molecule has 0 bridgehead atoms. The highest BCUT2D eigenvalue weighted by Crippen LogP contribution is 2.37. The Kier molecular flexibility index (Phi) is 5.68. The van der Waals surface area contributed by atoms with Gasteiger partial charge in [-0.2, -0.15) is 0 Å². The number of carbonyl (C=O) groups excluding carboxylic acids is 3. The van der Waals surface area contributed by atoms with Gasteiger partial charge in [0.05, 0.1) is 7.11 Å². The maximum atomic E-state index is 12.6. The van der Waals surface area contributed by atoms with Crippen LogP contribution in [0, 0.1) is 5.92 Å². The lowest BCUT2D eigenvalue weighted by Gasteiger charge is -2.31. The number of anilines is 1. The van der Waals surface area contributed by atoms with Gasteiger partial charge in [-0.05, 0) is 24.0 Å². The van der Waals surface area contributed by atoms with Crippen molar-refractivity contribution in [3.63, 3.8) is 0 Å². The van der Waals surface area contributed by atoms with Crippen LogP contribution in [0.3, 0.4) is 0 Å². The van der Waals surface area contributed by atoms with Gasteiger partial charge >= 0.3 is 5.97 Å². The van der Waals surface area contributed by atoms with Gasteiger partial charge in [0.1, 0.15) is 5.57 Å². The van der Waals surface area contributed by atoms with Crippen molar-refractivity contribution in [1.82, 2.24) is 4.90 Å². The van der Waals surface area contributed by atoms with Crippen LogP contribution < -0.4 is 4.90 Å². The second kappa shape index (κ2) is 8.00. The molecular weight excluding hydrogens is 356 g/mol. The fourth-order valence-electron chi connectivity index (χ4n) is 3.61. The van der Waals surface area contributed by atoms with E-state index in [1.54, 1.807) is 0 Å². The second-order valence-electron chi connectivity index (χ2n) is 7.57. The number of methoxy groups -OCH3 is 1. The van der Waals surface area contributed by atoms with Crippen molar-refractivity contribution in [3.05, 3.63) is 47.1 Å². The van der Waals surface area contributed by atoms with Crippen molar-refractivity contribution >= 4 is 29.0 Å². The molecule has 2 aliphatic rings. The van der Waals surface area contributed by atoms with Crippen molar-refractivity contribution < 1.29 is 19.1 Å². The smallest absolute Gasteiger partial charge is 0.344 e. The number of esters is 1. The lowest BCUT2D eigenvalue weighted by atomic mass is 9.91. The Morgan fingerprint density at radius 3 is 2.57 bits per heavy atom. The molecule has 0 atom stereocenters. The highest BCUT2D eigenvalue weighted by molar-refractivity contribution is 6.30. The second-order valence-corrected chi connectivity index (χ2v) is 7.57. The van der Waals surface area contributed by atoms with Crippen molar-refractivity contribution in [1.29, 1.82) is 0 Å². The summed E-state index contributed by atoms with van der Waals surface area (Å²) in [5.74, 6) is -1.19. The summed E-state index contributed by atoms with van der Waals surface area (Å²) in [6.45, 7) is 6.10. The Morgan fingerprint density at radius 2 is 1.89 bits per heavy atom. The minimum absolute atomic E-state index is 0.157. The molecule has 1 aromatic rings. The zero-order valence-electron chi connectivity index (χ0n) is 16.8.